The summed E-state index contributed by atoms with van der Waals surface area (Å²) in [5.74, 6) is 1.65. The zero-order valence-corrected chi connectivity index (χ0v) is 16.7. The van der Waals surface area contributed by atoms with Crippen LogP contribution in [-0.4, -0.2) is 42.3 Å². The first-order chi connectivity index (χ1) is 11.1. The lowest BCUT2D eigenvalue weighted by Gasteiger charge is -2.42. The maximum atomic E-state index is 12.4. The van der Waals surface area contributed by atoms with E-state index in [0.29, 0.717) is 6.04 Å². The van der Waals surface area contributed by atoms with Crippen molar-refractivity contribution in [2.45, 2.75) is 85.3 Å². The minimum absolute atomic E-state index is 0.152. The van der Waals surface area contributed by atoms with Gasteiger partial charge in [-0.25, -0.2) is 4.79 Å². The van der Waals surface area contributed by atoms with Gasteiger partial charge in [0.2, 0.25) is 0 Å². The fourth-order valence-corrected chi connectivity index (χ4v) is 4.45. The second kappa shape index (κ2) is 7.63. The Balaban J connectivity index is 1.86. The summed E-state index contributed by atoms with van der Waals surface area (Å²) in [7, 11) is 0. The molecule has 2 fully saturated rings. The van der Waals surface area contributed by atoms with Crippen LogP contribution in [0, 0.1) is 17.3 Å². The molecule has 3 atom stereocenters. The molecule has 0 aromatic carbocycles. The topological polar surface area (TPSA) is 41.6 Å². The molecule has 4 heteroatoms. The van der Waals surface area contributed by atoms with Crippen molar-refractivity contribution in [3.63, 3.8) is 0 Å². The van der Waals surface area contributed by atoms with Gasteiger partial charge in [-0.2, -0.15) is 0 Å². The summed E-state index contributed by atoms with van der Waals surface area (Å²) in [4.78, 5) is 14.3. The number of carbonyl (C=O) groups excluding carboxylic acids is 1. The van der Waals surface area contributed by atoms with Crippen LogP contribution in [0.25, 0.3) is 0 Å². The molecule has 2 rings (SSSR count). The number of hydrogen-bond donors (Lipinski definition) is 1. The van der Waals surface area contributed by atoms with Crippen molar-refractivity contribution in [1.82, 2.24) is 10.2 Å². The van der Waals surface area contributed by atoms with Crippen LogP contribution in [0.4, 0.5) is 4.79 Å². The minimum Gasteiger partial charge on any atom is -0.444 e. The highest BCUT2D eigenvalue weighted by molar-refractivity contribution is 5.68. The molecule has 1 aliphatic heterocycles. The molecule has 0 aromatic heterocycles. The van der Waals surface area contributed by atoms with E-state index in [2.05, 4.69) is 26.1 Å². The first kappa shape index (κ1) is 19.6. The van der Waals surface area contributed by atoms with Gasteiger partial charge >= 0.3 is 6.09 Å². The van der Waals surface area contributed by atoms with Crippen molar-refractivity contribution in [3.8, 4) is 0 Å². The van der Waals surface area contributed by atoms with Gasteiger partial charge < -0.3 is 15.0 Å². The summed E-state index contributed by atoms with van der Waals surface area (Å²) in [5, 5.41) is 3.82. The third-order valence-electron chi connectivity index (χ3n) is 5.43. The lowest BCUT2D eigenvalue weighted by Crippen LogP contribution is -2.51. The van der Waals surface area contributed by atoms with Crippen molar-refractivity contribution in [3.05, 3.63) is 0 Å². The van der Waals surface area contributed by atoms with E-state index in [-0.39, 0.29) is 11.5 Å². The number of piperidine rings is 1. The predicted octanol–water partition coefficient (Wildman–Crippen LogP) is 4.44. The fraction of sp³-hybridized carbons (Fsp3) is 0.950. The molecule has 1 saturated heterocycles. The van der Waals surface area contributed by atoms with Crippen molar-refractivity contribution < 1.29 is 9.53 Å². The molecule has 140 valence electrons. The third-order valence-corrected chi connectivity index (χ3v) is 5.43. The summed E-state index contributed by atoms with van der Waals surface area (Å²) in [6.45, 7) is 15.5. The third kappa shape index (κ3) is 5.94. The molecule has 0 radical (unpaired) electrons. The number of ether oxygens (including phenoxy) is 1. The molecule has 4 nitrogen and oxygen atoms in total. The molecule has 1 aliphatic carbocycles. The molecule has 0 aromatic rings. The molecule has 3 unspecified atom stereocenters. The largest absolute Gasteiger partial charge is 0.444 e. The van der Waals surface area contributed by atoms with E-state index >= 15 is 0 Å². The Morgan fingerprint density at radius 1 is 1.21 bits per heavy atom. The zero-order valence-electron chi connectivity index (χ0n) is 16.7. The number of nitrogens with zero attached hydrogens (tertiary/aromatic N) is 1. The second-order valence-corrected chi connectivity index (χ2v) is 9.81. The van der Waals surface area contributed by atoms with Crippen LogP contribution < -0.4 is 5.32 Å². The van der Waals surface area contributed by atoms with Crippen molar-refractivity contribution in [2.75, 3.05) is 19.6 Å². The average Bonchev–Trinajstić information content (AvgIpc) is 2.42. The summed E-state index contributed by atoms with van der Waals surface area (Å²) in [6, 6.07) is 0.637. The van der Waals surface area contributed by atoms with Gasteiger partial charge in [0.25, 0.3) is 0 Å². The zero-order chi connectivity index (χ0) is 18.0. The standard InChI is InChI=1S/C20H38N2O2/c1-15-10-16(2)12-17(11-15)21-13-20(6)8-7-9-22(14-20)18(23)24-19(3,4)5/h15-17,21H,7-14H2,1-6H3. The van der Waals surface area contributed by atoms with Crippen molar-refractivity contribution in [2.24, 2.45) is 17.3 Å². The number of amides is 1. The first-order valence-electron chi connectivity index (χ1n) is 9.78. The van der Waals surface area contributed by atoms with E-state index in [0.717, 1.165) is 37.9 Å². The Hall–Kier alpha value is -0.770. The Morgan fingerprint density at radius 2 is 1.83 bits per heavy atom. The summed E-state index contributed by atoms with van der Waals surface area (Å²) >= 11 is 0. The van der Waals surface area contributed by atoms with Crippen LogP contribution in [0.15, 0.2) is 0 Å². The highest BCUT2D eigenvalue weighted by Crippen LogP contribution is 2.32. The minimum atomic E-state index is -0.419. The fourth-order valence-electron chi connectivity index (χ4n) is 4.45. The molecule has 1 saturated carbocycles. The molecule has 2 aliphatic rings. The van der Waals surface area contributed by atoms with Gasteiger partial charge in [-0.1, -0.05) is 20.8 Å². The monoisotopic (exact) mass is 338 g/mol. The predicted molar refractivity (Wildman–Crippen MR) is 99.1 cm³/mol. The number of nitrogens with one attached hydrogen (secondary N) is 1. The van der Waals surface area contributed by atoms with Gasteiger partial charge in [-0.3, -0.25) is 0 Å². The average molecular weight is 339 g/mol. The number of likely N-dealkylation sites (tertiary alicyclic amines) is 1. The molecule has 0 bridgehead atoms. The van der Waals surface area contributed by atoms with Crippen molar-refractivity contribution >= 4 is 6.09 Å². The summed E-state index contributed by atoms with van der Waals surface area (Å²) in [5.41, 5.74) is -0.267. The SMILES string of the molecule is CC1CC(C)CC(NCC2(C)CCCN(C(=O)OC(C)(C)C)C2)C1. The van der Waals surface area contributed by atoms with Crippen molar-refractivity contribution in [1.29, 1.82) is 0 Å². The van der Waals surface area contributed by atoms with E-state index in [1.165, 1.54) is 25.7 Å². The summed E-state index contributed by atoms with van der Waals surface area (Å²) < 4.78 is 5.56. The van der Waals surface area contributed by atoms with E-state index in [4.69, 9.17) is 4.74 Å². The Kier molecular flexibility index (Phi) is 6.22. The van der Waals surface area contributed by atoms with Crippen LogP contribution >= 0.6 is 0 Å². The molecule has 1 N–H and O–H groups in total. The maximum absolute atomic E-state index is 12.4. The van der Waals surface area contributed by atoms with Crippen LogP contribution in [0.5, 0.6) is 0 Å². The van der Waals surface area contributed by atoms with Crippen LogP contribution in [0.2, 0.25) is 0 Å². The highest BCUT2D eigenvalue weighted by Gasteiger charge is 2.35. The van der Waals surface area contributed by atoms with E-state index < -0.39 is 5.60 Å². The van der Waals surface area contributed by atoms with Gasteiger partial charge in [0.05, 0.1) is 0 Å². The lowest BCUT2D eigenvalue weighted by molar-refractivity contribution is 0.00614. The Morgan fingerprint density at radius 3 is 2.42 bits per heavy atom. The van der Waals surface area contributed by atoms with Crippen LogP contribution in [-0.2, 0) is 4.74 Å². The Bertz CT molecular complexity index is 422. The molecule has 0 spiro atoms. The van der Waals surface area contributed by atoms with Gasteiger partial charge in [0, 0.05) is 25.7 Å². The van der Waals surface area contributed by atoms with E-state index in [1.54, 1.807) is 0 Å². The molecular weight excluding hydrogens is 300 g/mol. The first-order valence-corrected chi connectivity index (χ1v) is 9.78. The van der Waals surface area contributed by atoms with E-state index in [9.17, 15) is 4.79 Å². The number of hydrogen-bond acceptors (Lipinski definition) is 3. The molecule has 1 heterocycles. The van der Waals surface area contributed by atoms with Gasteiger partial charge in [-0.15, -0.1) is 0 Å². The van der Waals surface area contributed by atoms with Gasteiger partial charge in [0.15, 0.2) is 0 Å². The lowest BCUT2D eigenvalue weighted by atomic mass is 9.78. The van der Waals surface area contributed by atoms with E-state index in [1.807, 2.05) is 25.7 Å². The number of rotatable bonds is 3. The van der Waals surface area contributed by atoms with Crippen LogP contribution in [0.1, 0.15) is 73.6 Å². The van der Waals surface area contributed by atoms with Gasteiger partial charge in [-0.05, 0) is 70.1 Å². The van der Waals surface area contributed by atoms with Gasteiger partial charge in [0.1, 0.15) is 5.60 Å². The van der Waals surface area contributed by atoms with Crippen LogP contribution in [0.3, 0.4) is 0 Å². The number of carbonyl (C=O) groups is 1. The smallest absolute Gasteiger partial charge is 0.410 e. The normalized spacial score (nSPS) is 34.9. The Labute approximate surface area is 148 Å². The maximum Gasteiger partial charge on any atom is 0.410 e. The second-order valence-electron chi connectivity index (χ2n) is 9.81. The quantitative estimate of drug-likeness (QED) is 0.827. The summed E-state index contributed by atoms with van der Waals surface area (Å²) in [6.07, 6.45) is 6.02. The molecular formula is C20H38N2O2. The molecule has 24 heavy (non-hydrogen) atoms. The molecule has 1 amide bonds. The highest BCUT2D eigenvalue weighted by atomic mass is 16.6.